The fourth-order valence-electron chi connectivity index (χ4n) is 4.93. The number of ether oxygens (including phenoxy) is 3. The minimum atomic E-state index is -0.967. The number of carboxylic acid groups (broad SMARTS) is 1. The van der Waals surface area contributed by atoms with E-state index in [1.165, 1.54) is 11.8 Å². The van der Waals surface area contributed by atoms with Crippen molar-refractivity contribution in [3.63, 3.8) is 0 Å². The molecule has 1 amide bonds. The van der Waals surface area contributed by atoms with Gasteiger partial charge in [0.05, 0.1) is 30.3 Å². The van der Waals surface area contributed by atoms with Crippen molar-refractivity contribution in [1.29, 1.82) is 0 Å². The SMILES string of the molecule is CCCOc1ccc(-c2ccc(OCCN3CCOCC3)c(C=C3SC(=S)N(CCc4ccc(C(=O)O)cc4)C3=O)c2)cc1. The van der Waals surface area contributed by atoms with Crippen LogP contribution in [0.5, 0.6) is 11.5 Å². The van der Waals surface area contributed by atoms with Gasteiger partial charge < -0.3 is 19.3 Å². The molecule has 0 spiro atoms. The Kier molecular flexibility index (Phi) is 11.1. The van der Waals surface area contributed by atoms with Gasteiger partial charge in [0.25, 0.3) is 5.91 Å². The minimum absolute atomic E-state index is 0.149. The second-order valence-electron chi connectivity index (χ2n) is 10.5. The van der Waals surface area contributed by atoms with Crippen LogP contribution in [0.1, 0.15) is 34.8 Å². The standard InChI is InChI=1S/C34H36N2O6S2/c1-2-18-41-29-10-7-25(8-11-29)27-9-12-30(42-21-17-35-15-19-40-20-16-35)28(22-27)23-31-32(37)36(34(43)44-31)14-13-24-3-5-26(6-4-24)33(38)39/h3-12,22-23H,2,13-21H2,1H3,(H,38,39). The van der Waals surface area contributed by atoms with Crippen LogP contribution < -0.4 is 9.47 Å². The molecule has 10 heteroatoms. The van der Waals surface area contributed by atoms with Gasteiger partial charge in [0.1, 0.15) is 22.4 Å². The van der Waals surface area contributed by atoms with E-state index in [9.17, 15) is 9.59 Å². The number of thiocarbonyl (C=S) groups is 1. The summed E-state index contributed by atoms with van der Waals surface area (Å²) in [5, 5.41) is 9.15. The number of hydrogen-bond donors (Lipinski definition) is 1. The maximum atomic E-state index is 13.5. The summed E-state index contributed by atoms with van der Waals surface area (Å²) in [7, 11) is 0. The van der Waals surface area contributed by atoms with E-state index in [1.807, 2.05) is 48.5 Å². The Bertz CT molecular complexity index is 1500. The van der Waals surface area contributed by atoms with Crippen LogP contribution in [0.25, 0.3) is 17.2 Å². The lowest BCUT2D eigenvalue weighted by Crippen LogP contribution is -2.38. The predicted molar refractivity (Wildman–Crippen MR) is 177 cm³/mol. The first-order valence-corrected chi connectivity index (χ1v) is 16.0. The summed E-state index contributed by atoms with van der Waals surface area (Å²) in [4.78, 5) is 29.1. The Balaban J connectivity index is 1.34. The van der Waals surface area contributed by atoms with Gasteiger partial charge in [0.15, 0.2) is 0 Å². The zero-order valence-electron chi connectivity index (χ0n) is 24.7. The van der Waals surface area contributed by atoms with Crippen LogP contribution in [0, 0.1) is 0 Å². The maximum Gasteiger partial charge on any atom is 0.335 e. The number of morpholine rings is 1. The number of thioether (sulfide) groups is 1. The molecule has 0 unspecified atom stereocenters. The van der Waals surface area contributed by atoms with Gasteiger partial charge in [-0.05, 0) is 72.0 Å². The molecule has 2 aliphatic rings. The van der Waals surface area contributed by atoms with Crippen LogP contribution >= 0.6 is 24.0 Å². The largest absolute Gasteiger partial charge is 0.494 e. The van der Waals surface area contributed by atoms with Gasteiger partial charge in [-0.2, -0.15) is 0 Å². The van der Waals surface area contributed by atoms with Gasteiger partial charge in [-0.25, -0.2) is 4.79 Å². The maximum absolute atomic E-state index is 13.5. The van der Waals surface area contributed by atoms with Gasteiger partial charge in [-0.3, -0.25) is 14.6 Å². The third kappa shape index (κ3) is 8.26. The molecule has 0 aromatic heterocycles. The Morgan fingerprint density at radius 3 is 2.41 bits per heavy atom. The molecule has 44 heavy (non-hydrogen) atoms. The van der Waals surface area contributed by atoms with Crippen LogP contribution in [-0.2, 0) is 16.0 Å². The first-order valence-electron chi connectivity index (χ1n) is 14.8. The highest BCUT2D eigenvalue weighted by Gasteiger charge is 2.32. The van der Waals surface area contributed by atoms with E-state index in [2.05, 4.69) is 11.8 Å². The highest BCUT2D eigenvalue weighted by atomic mass is 32.2. The monoisotopic (exact) mass is 632 g/mol. The van der Waals surface area contributed by atoms with E-state index >= 15 is 0 Å². The first kappa shape index (κ1) is 31.7. The second kappa shape index (κ2) is 15.3. The molecule has 0 atom stereocenters. The minimum Gasteiger partial charge on any atom is -0.494 e. The molecule has 0 radical (unpaired) electrons. The molecule has 2 fully saturated rings. The quantitative estimate of drug-likeness (QED) is 0.180. The fourth-order valence-corrected chi connectivity index (χ4v) is 6.23. The molecule has 2 heterocycles. The topological polar surface area (TPSA) is 88.5 Å². The number of carbonyl (C=O) groups excluding carboxylic acids is 1. The van der Waals surface area contributed by atoms with Gasteiger partial charge in [0, 0.05) is 31.7 Å². The van der Waals surface area contributed by atoms with Crippen molar-refractivity contribution in [2.75, 3.05) is 52.6 Å². The molecule has 2 saturated heterocycles. The zero-order valence-corrected chi connectivity index (χ0v) is 26.3. The van der Waals surface area contributed by atoms with E-state index in [0.29, 0.717) is 41.2 Å². The summed E-state index contributed by atoms with van der Waals surface area (Å²) < 4.78 is 18.0. The Labute approximate surface area is 267 Å². The number of amides is 1. The number of aromatic carboxylic acids is 1. The molecule has 2 aliphatic heterocycles. The number of carboxylic acids is 1. The summed E-state index contributed by atoms with van der Waals surface area (Å²) in [6, 6.07) is 20.7. The van der Waals surface area contributed by atoms with E-state index < -0.39 is 5.97 Å². The van der Waals surface area contributed by atoms with Gasteiger partial charge in [0.2, 0.25) is 0 Å². The van der Waals surface area contributed by atoms with Crippen LogP contribution in [0.15, 0.2) is 71.6 Å². The molecular formula is C34H36N2O6S2. The summed E-state index contributed by atoms with van der Waals surface area (Å²) in [6.07, 6.45) is 3.38. The third-order valence-corrected chi connectivity index (χ3v) is 8.80. The van der Waals surface area contributed by atoms with Crippen molar-refractivity contribution in [1.82, 2.24) is 9.80 Å². The molecular weight excluding hydrogens is 597 g/mol. The molecule has 8 nitrogen and oxygen atoms in total. The lowest BCUT2D eigenvalue weighted by atomic mass is 10.0. The van der Waals surface area contributed by atoms with E-state index in [4.69, 9.17) is 31.5 Å². The number of hydrogen-bond acceptors (Lipinski definition) is 8. The van der Waals surface area contributed by atoms with E-state index in [-0.39, 0.29) is 11.5 Å². The third-order valence-electron chi connectivity index (χ3n) is 7.42. The molecule has 230 valence electrons. The first-order chi connectivity index (χ1) is 21.4. The molecule has 1 N–H and O–H groups in total. The van der Waals surface area contributed by atoms with Crippen molar-refractivity contribution in [2.45, 2.75) is 19.8 Å². The average Bonchev–Trinajstić information content (AvgIpc) is 3.31. The van der Waals surface area contributed by atoms with Crippen molar-refractivity contribution < 1.29 is 28.9 Å². The molecule has 0 saturated carbocycles. The van der Waals surface area contributed by atoms with Gasteiger partial charge in [-0.1, -0.05) is 61.2 Å². The van der Waals surface area contributed by atoms with E-state index in [1.54, 1.807) is 29.2 Å². The summed E-state index contributed by atoms with van der Waals surface area (Å²) in [6.45, 7) is 7.72. The van der Waals surface area contributed by atoms with Gasteiger partial charge >= 0.3 is 5.97 Å². The highest BCUT2D eigenvalue weighted by Crippen LogP contribution is 2.36. The average molecular weight is 633 g/mol. The van der Waals surface area contributed by atoms with Crippen molar-refractivity contribution in [3.05, 3.63) is 88.3 Å². The normalized spacial score (nSPS) is 16.5. The molecule has 0 bridgehead atoms. The molecule has 3 aromatic carbocycles. The number of carbonyl (C=O) groups is 2. The Hall–Kier alpha value is -3.70. The number of nitrogens with zero attached hydrogens (tertiary/aromatic N) is 2. The lowest BCUT2D eigenvalue weighted by Gasteiger charge is -2.26. The molecule has 0 aliphatic carbocycles. The van der Waals surface area contributed by atoms with Crippen molar-refractivity contribution in [2.24, 2.45) is 0 Å². The van der Waals surface area contributed by atoms with Crippen molar-refractivity contribution >= 4 is 46.3 Å². The lowest BCUT2D eigenvalue weighted by molar-refractivity contribution is -0.122. The van der Waals surface area contributed by atoms with Crippen LogP contribution in [0.3, 0.4) is 0 Å². The van der Waals surface area contributed by atoms with Crippen LogP contribution in [-0.4, -0.2) is 83.7 Å². The second-order valence-corrected chi connectivity index (χ2v) is 12.2. The summed E-state index contributed by atoms with van der Waals surface area (Å²) >= 11 is 6.87. The number of benzene rings is 3. The molecule has 3 aromatic rings. The number of rotatable bonds is 13. The Morgan fingerprint density at radius 1 is 0.977 bits per heavy atom. The summed E-state index contributed by atoms with van der Waals surface area (Å²) in [5.41, 5.74) is 4.00. The predicted octanol–water partition coefficient (Wildman–Crippen LogP) is 6.00. The molecule has 5 rings (SSSR count). The highest BCUT2D eigenvalue weighted by molar-refractivity contribution is 8.26. The van der Waals surface area contributed by atoms with Crippen LogP contribution in [0.2, 0.25) is 0 Å². The zero-order chi connectivity index (χ0) is 30.9. The van der Waals surface area contributed by atoms with Crippen LogP contribution in [0.4, 0.5) is 0 Å². The smallest absolute Gasteiger partial charge is 0.335 e. The van der Waals surface area contributed by atoms with E-state index in [0.717, 1.165) is 67.3 Å². The summed E-state index contributed by atoms with van der Waals surface area (Å²) in [5.74, 6) is 0.420. The van der Waals surface area contributed by atoms with Gasteiger partial charge in [-0.15, -0.1) is 0 Å². The Morgan fingerprint density at radius 2 is 1.70 bits per heavy atom. The fraction of sp³-hybridized carbons (Fsp3) is 0.324. The van der Waals surface area contributed by atoms with Crippen molar-refractivity contribution in [3.8, 4) is 22.6 Å².